The average Bonchev–Trinajstić information content (AvgIpc) is 3.01. The van der Waals surface area contributed by atoms with Gasteiger partial charge in [0, 0.05) is 13.6 Å². The molecule has 1 aromatic heterocycles. The molecule has 0 radical (unpaired) electrons. The SMILES string of the molecule is CNC(=O)NC(=O)[C@@H](c1ccccc1)N(C)Cc1ccsc1. The minimum absolute atomic E-state index is 0.344. The molecule has 1 heterocycles. The van der Waals surface area contributed by atoms with E-state index in [4.69, 9.17) is 0 Å². The second-order valence-corrected chi connectivity index (χ2v) is 5.71. The normalized spacial score (nSPS) is 12.0. The van der Waals surface area contributed by atoms with Crippen molar-refractivity contribution in [3.05, 3.63) is 58.3 Å². The van der Waals surface area contributed by atoms with Gasteiger partial charge in [-0.1, -0.05) is 30.3 Å². The predicted molar refractivity (Wildman–Crippen MR) is 87.6 cm³/mol. The molecular formula is C16H19N3O2S. The summed E-state index contributed by atoms with van der Waals surface area (Å²) in [6, 6.07) is 10.4. The fourth-order valence-corrected chi connectivity index (χ4v) is 2.91. The topological polar surface area (TPSA) is 61.4 Å². The van der Waals surface area contributed by atoms with Crippen molar-refractivity contribution >= 4 is 23.3 Å². The second-order valence-electron chi connectivity index (χ2n) is 4.93. The number of carbonyl (C=O) groups is 2. The highest BCUT2D eigenvalue weighted by Crippen LogP contribution is 2.22. The number of nitrogens with one attached hydrogen (secondary N) is 2. The number of thiophene rings is 1. The summed E-state index contributed by atoms with van der Waals surface area (Å²) < 4.78 is 0. The third-order valence-corrected chi connectivity index (χ3v) is 4.01. The summed E-state index contributed by atoms with van der Waals surface area (Å²) in [6.45, 7) is 0.629. The average molecular weight is 317 g/mol. The molecule has 0 fully saturated rings. The number of hydrogen-bond donors (Lipinski definition) is 2. The van der Waals surface area contributed by atoms with Crippen molar-refractivity contribution in [3.63, 3.8) is 0 Å². The summed E-state index contributed by atoms with van der Waals surface area (Å²) in [6.07, 6.45) is 0. The van der Waals surface area contributed by atoms with Crippen molar-refractivity contribution in [2.45, 2.75) is 12.6 Å². The number of nitrogens with zero attached hydrogens (tertiary/aromatic N) is 1. The Morgan fingerprint density at radius 2 is 1.95 bits per heavy atom. The van der Waals surface area contributed by atoms with Crippen LogP contribution in [-0.4, -0.2) is 30.9 Å². The van der Waals surface area contributed by atoms with Gasteiger partial charge >= 0.3 is 6.03 Å². The van der Waals surface area contributed by atoms with E-state index in [1.165, 1.54) is 7.05 Å². The van der Waals surface area contributed by atoms with Gasteiger partial charge in [-0.25, -0.2) is 4.79 Å². The number of benzene rings is 1. The molecule has 22 heavy (non-hydrogen) atoms. The third kappa shape index (κ3) is 4.16. The molecule has 0 saturated heterocycles. The van der Waals surface area contributed by atoms with Gasteiger partial charge in [0.2, 0.25) is 5.91 Å². The molecule has 0 aliphatic carbocycles. The second kappa shape index (κ2) is 7.72. The standard InChI is InChI=1S/C16H19N3O2S/c1-17-16(21)18-15(20)14(13-6-4-3-5-7-13)19(2)10-12-8-9-22-11-12/h3-9,11,14H,10H2,1-2H3,(H2,17,18,20,21)/t14-/m1/s1. The molecule has 2 aromatic rings. The van der Waals surface area contributed by atoms with Crippen LogP contribution in [0.15, 0.2) is 47.2 Å². The Hall–Kier alpha value is -2.18. The van der Waals surface area contributed by atoms with Crippen molar-refractivity contribution in [3.8, 4) is 0 Å². The van der Waals surface area contributed by atoms with E-state index in [2.05, 4.69) is 16.0 Å². The van der Waals surface area contributed by atoms with Crippen molar-refractivity contribution in [1.82, 2.24) is 15.5 Å². The Bertz CT molecular complexity index is 614. The van der Waals surface area contributed by atoms with Crippen LogP contribution in [-0.2, 0) is 11.3 Å². The molecule has 3 amide bonds. The van der Waals surface area contributed by atoms with E-state index in [-0.39, 0.29) is 5.91 Å². The minimum Gasteiger partial charge on any atom is -0.341 e. The lowest BCUT2D eigenvalue weighted by atomic mass is 10.0. The number of amides is 3. The molecule has 0 aliphatic heterocycles. The Morgan fingerprint density at radius 3 is 2.55 bits per heavy atom. The first-order chi connectivity index (χ1) is 10.6. The zero-order valence-corrected chi connectivity index (χ0v) is 13.4. The summed E-state index contributed by atoms with van der Waals surface area (Å²) in [7, 11) is 3.36. The van der Waals surface area contributed by atoms with Gasteiger partial charge in [0.15, 0.2) is 0 Å². The first-order valence-corrected chi connectivity index (χ1v) is 7.85. The number of likely N-dealkylation sites (N-methyl/N-ethyl adjacent to an activating group) is 1. The molecule has 2 N–H and O–H groups in total. The molecule has 1 atom stereocenters. The highest BCUT2D eigenvalue weighted by molar-refractivity contribution is 7.07. The van der Waals surface area contributed by atoms with Crippen LogP contribution < -0.4 is 10.6 Å². The van der Waals surface area contributed by atoms with Crippen LogP contribution in [0.1, 0.15) is 17.2 Å². The fraction of sp³-hybridized carbons (Fsp3) is 0.250. The Labute approximate surface area is 134 Å². The van der Waals surface area contributed by atoms with E-state index >= 15 is 0 Å². The summed E-state index contributed by atoms with van der Waals surface area (Å²) in [5.74, 6) is -0.344. The van der Waals surface area contributed by atoms with Gasteiger partial charge in [-0.2, -0.15) is 11.3 Å². The van der Waals surface area contributed by atoms with Crippen LogP contribution in [0.5, 0.6) is 0 Å². The Kier molecular flexibility index (Phi) is 5.68. The van der Waals surface area contributed by atoms with Gasteiger partial charge in [-0.15, -0.1) is 0 Å². The lowest BCUT2D eigenvalue weighted by molar-refractivity contribution is -0.125. The first kappa shape index (κ1) is 16.2. The minimum atomic E-state index is -0.529. The molecule has 0 aliphatic rings. The monoisotopic (exact) mass is 317 g/mol. The van der Waals surface area contributed by atoms with Gasteiger partial charge in [0.05, 0.1) is 0 Å². The maximum Gasteiger partial charge on any atom is 0.321 e. The molecule has 0 bridgehead atoms. The van der Waals surface area contributed by atoms with E-state index in [1.807, 2.05) is 53.7 Å². The van der Waals surface area contributed by atoms with E-state index in [1.54, 1.807) is 11.3 Å². The number of imide groups is 1. The summed E-state index contributed by atoms with van der Waals surface area (Å²) in [5, 5.41) is 8.82. The molecule has 0 spiro atoms. The summed E-state index contributed by atoms with van der Waals surface area (Å²) >= 11 is 1.62. The maximum absolute atomic E-state index is 12.5. The lowest BCUT2D eigenvalue weighted by Crippen LogP contribution is -2.44. The highest BCUT2D eigenvalue weighted by atomic mass is 32.1. The third-order valence-electron chi connectivity index (χ3n) is 3.28. The van der Waals surface area contributed by atoms with Gasteiger partial charge in [-0.3, -0.25) is 15.0 Å². The molecule has 0 saturated carbocycles. The van der Waals surface area contributed by atoms with E-state index in [0.717, 1.165) is 11.1 Å². The molecule has 0 unspecified atom stereocenters. The van der Waals surface area contributed by atoms with Crippen LogP contribution in [0.25, 0.3) is 0 Å². The van der Waals surface area contributed by atoms with Gasteiger partial charge < -0.3 is 5.32 Å². The van der Waals surface area contributed by atoms with E-state index in [0.29, 0.717) is 6.54 Å². The van der Waals surface area contributed by atoms with Crippen LogP contribution in [0.2, 0.25) is 0 Å². The van der Waals surface area contributed by atoms with Gasteiger partial charge in [0.1, 0.15) is 6.04 Å². The van der Waals surface area contributed by atoms with Crippen molar-refractivity contribution in [2.75, 3.05) is 14.1 Å². The number of rotatable bonds is 5. The largest absolute Gasteiger partial charge is 0.341 e. The molecule has 1 aromatic carbocycles. The van der Waals surface area contributed by atoms with Crippen LogP contribution in [0.4, 0.5) is 4.79 Å². The molecule has 5 nitrogen and oxygen atoms in total. The zero-order valence-electron chi connectivity index (χ0n) is 12.6. The quantitative estimate of drug-likeness (QED) is 0.890. The Morgan fingerprint density at radius 1 is 1.23 bits per heavy atom. The van der Waals surface area contributed by atoms with Gasteiger partial charge in [0.25, 0.3) is 0 Å². The van der Waals surface area contributed by atoms with E-state index in [9.17, 15) is 9.59 Å². The maximum atomic E-state index is 12.5. The van der Waals surface area contributed by atoms with Crippen LogP contribution >= 0.6 is 11.3 Å². The molecule has 2 rings (SSSR count). The molecule has 116 valence electrons. The summed E-state index contributed by atoms with van der Waals surface area (Å²) in [5.41, 5.74) is 1.99. The predicted octanol–water partition coefficient (Wildman–Crippen LogP) is 2.38. The number of urea groups is 1. The Balaban J connectivity index is 2.21. The summed E-state index contributed by atoms with van der Waals surface area (Å²) in [4.78, 5) is 25.8. The van der Waals surface area contributed by atoms with Crippen LogP contribution in [0.3, 0.4) is 0 Å². The van der Waals surface area contributed by atoms with Crippen molar-refractivity contribution in [1.29, 1.82) is 0 Å². The number of hydrogen-bond acceptors (Lipinski definition) is 4. The van der Waals surface area contributed by atoms with Crippen LogP contribution in [0, 0.1) is 0 Å². The molecular weight excluding hydrogens is 298 g/mol. The fourth-order valence-electron chi connectivity index (χ4n) is 2.25. The first-order valence-electron chi connectivity index (χ1n) is 6.90. The lowest BCUT2D eigenvalue weighted by Gasteiger charge is -2.27. The smallest absolute Gasteiger partial charge is 0.321 e. The van der Waals surface area contributed by atoms with E-state index < -0.39 is 12.1 Å². The van der Waals surface area contributed by atoms with Crippen molar-refractivity contribution < 1.29 is 9.59 Å². The van der Waals surface area contributed by atoms with Crippen molar-refractivity contribution in [2.24, 2.45) is 0 Å². The molecule has 6 heteroatoms. The van der Waals surface area contributed by atoms with Gasteiger partial charge in [-0.05, 0) is 35.0 Å². The highest BCUT2D eigenvalue weighted by Gasteiger charge is 2.26. The zero-order chi connectivity index (χ0) is 15.9. The number of carbonyl (C=O) groups excluding carboxylic acids is 2.